The number of hydrogen-bond donors (Lipinski definition) is 9. The molecule has 0 aromatic rings. The Morgan fingerprint density at radius 2 is 1.47 bits per heavy atom. The standard InChI is InChI=1S/C19H35N7O8/c1-9(2)14(26-15(30)10(20)5-6-13(28)29)17(32)24-11(4-3-7-23-19(21)22)16(31)25-12(8-27)18(33)34/h9-12,14,27H,3-8,20H2,1-2H3,(H,24,32)(H,25,31)(H,26,30)(H,28,29)(H,33,34)(H4,21,22,23). The summed E-state index contributed by atoms with van der Waals surface area (Å²) in [4.78, 5) is 63.4. The number of carboxylic acids is 2. The SMILES string of the molecule is CC(C)C(NC(=O)C(N)CCC(=O)O)C(=O)NC(CCCN=C(N)N)C(=O)NC(CO)C(=O)O. The Morgan fingerprint density at radius 3 is 1.94 bits per heavy atom. The number of rotatable bonds is 16. The van der Waals surface area contributed by atoms with Gasteiger partial charge in [-0.15, -0.1) is 0 Å². The number of aliphatic hydroxyl groups excluding tert-OH is 1. The minimum atomic E-state index is -1.59. The Labute approximate surface area is 196 Å². The van der Waals surface area contributed by atoms with Crippen molar-refractivity contribution in [2.75, 3.05) is 13.2 Å². The van der Waals surface area contributed by atoms with Crippen molar-refractivity contribution in [2.24, 2.45) is 28.1 Å². The lowest BCUT2D eigenvalue weighted by Gasteiger charge is -2.26. The molecule has 0 saturated carbocycles. The van der Waals surface area contributed by atoms with Crippen LogP contribution in [0, 0.1) is 5.92 Å². The number of nitrogens with zero attached hydrogens (tertiary/aromatic N) is 1. The molecule has 34 heavy (non-hydrogen) atoms. The van der Waals surface area contributed by atoms with Crippen LogP contribution in [0.4, 0.5) is 0 Å². The Balaban J connectivity index is 5.42. The van der Waals surface area contributed by atoms with E-state index in [1.54, 1.807) is 13.8 Å². The van der Waals surface area contributed by atoms with Crippen LogP contribution in [-0.4, -0.2) is 88.3 Å². The summed E-state index contributed by atoms with van der Waals surface area (Å²) in [7, 11) is 0. The number of guanidine groups is 1. The molecule has 0 aliphatic rings. The van der Waals surface area contributed by atoms with Crippen LogP contribution in [0.25, 0.3) is 0 Å². The van der Waals surface area contributed by atoms with Gasteiger partial charge in [-0.25, -0.2) is 4.79 Å². The van der Waals surface area contributed by atoms with Crippen molar-refractivity contribution in [2.45, 2.75) is 63.7 Å². The second kappa shape index (κ2) is 15.4. The molecule has 0 bridgehead atoms. The maximum atomic E-state index is 12.9. The van der Waals surface area contributed by atoms with E-state index in [1.165, 1.54) is 0 Å². The monoisotopic (exact) mass is 489 g/mol. The zero-order valence-electron chi connectivity index (χ0n) is 19.2. The van der Waals surface area contributed by atoms with Crippen LogP contribution in [0.5, 0.6) is 0 Å². The zero-order chi connectivity index (χ0) is 26.4. The normalized spacial score (nSPS) is 14.3. The van der Waals surface area contributed by atoms with Crippen LogP contribution < -0.4 is 33.2 Å². The summed E-state index contributed by atoms with van der Waals surface area (Å²) < 4.78 is 0. The smallest absolute Gasteiger partial charge is 0.328 e. The van der Waals surface area contributed by atoms with Gasteiger partial charge in [0, 0.05) is 13.0 Å². The van der Waals surface area contributed by atoms with Crippen molar-refractivity contribution in [1.29, 1.82) is 0 Å². The van der Waals surface area contributed by atoms with E-state index >= 15 is 0 Å². The van der Waals surface area contributed by atoms with E-state index in [2.05, 4.69) is 20.9 Å². The zero-order valence-corrected chi connectivity index (χ0v) is 19.2. The van der Waals surface area contributed by atoms with Gasteiger partial charge in [0.05, 0.1) is 12.6 Å². The summed E-state index contributed by atoms with van der Waals surface area (Å²) in [5.74, 6) is -5.56. The lowest BCUT2D eigenvalue weighted by Crippen LogP contribution is -2.58. The molecule has 0 saturated heterocycles. The number of aliphatic carboxylic acids is 2. The maximum Gasteiger partial charge on any atom is 0.328 e. The van der Waals surface area contributed by atoms with E-state index in [-0.39, 0.29) is 38.2 Å². The molecule has 4 atom stereocenters. The predicted octanol–water partition coefficient (Wildman–Crippen LogP) is -3.58. The lowest BCUT2D eigenvalue weighted by molar-refractivity contribution is -0.143. The number of carboxylic acid groups (broad SMARTS) is 2. The van der Waals surface area contributed by atoms with E-state index in [0.717, 1.165) is 0 Å². The number of amides is 3. The average molecular weight is 490 g/mol. The first-order valence-electron chi connectivity index (χ1n) is 10.6. The number of aliphatic imine (C=N–C) groups is 1. The Hall–Kier alpha value is -3.46. The third-order valence-corrected chi connectivity index (χ3v) is 4.63. The van der Waals surface area contributed by atoms with E-state index in [1.807, 2.05) is 0 Å². The molecule has 0 aliphatic heterocycles. The molecule has 15 nitrogen and oxygen atoms in total. The fraction of sp³-hybridized carbons (Fsp3) is 0.684. The summed E-state index contributed by atoms with van der Waals surface area (Å²) >= 11 is 0. The molecular formula is C19H35N7O8. The average Bonchev–Trinajstić information content (AvgIpc) is 2.74. The molecule has 0 rings (SSSR count). The van der Waals surface area contributed by atoms with Crippen molar-refractivity contribution in [1.82, 2.24) is 16.0 Å². The van der Waals surface area contributed by atoms with Crippen LogP contribution in [0.2, 0.25) is 0 Å². The van der Waals surface area contributed by atoms with E-state index in [9.17, 15) is 24.0 Å². The van der Waals surface area contributed by atoms with Gasteiger partial charge in [0.15, 0.2) is 5.96 Å². The summed E-state index contributed by atoms with van der Waals surface area (Å²) in [5.41, 5.74) is 16.2. The Kier molecular flexibility index (Phi) is 13.8. The molecule has 0 aliphatic carbocycles. The quantitative estimate of drug-likeness (QED) is 0.0580. The van der Waals surface area contributed by atoms with Crippen molar-refractivity contribution >= 4 is 35.6 Å². The van der Waals surface area contributed by atoms with Gasteiger partial charge in [0.25, 0.3) is 0 Å². The van der Waals surface area contributed by atoms with Gasteiger partial charge >= 0.3 is 11.9 Å². The van der Waals surface area contributed by atoms with Crippen LogP contribution in [0.3, 0.4) is 0 Å². The molecule has 0 aromatic heterocycles. The summed E-state index contributed by atoms with van der Waals surface area (Å²) in [6.45, 7) is 2.53. The van der Waals surface area contributed by atoms with E-state index in [4.69, 9.17) is 32.5 Å². The van der Waals surface area contributed by atoms with Gasteiger partial charge in [0.2, 0.25) is 17.7 Å². The van der Waals surface area contributed by atoms with Crippen LogP contribution >= 0.6 is 0 Å². The summed E-state index contributed by atoms with van der Waals surface area (Å²) in [6, 6.07) is -5.10. The maximum absolute atomic E-state index is 12.9. The van der Waals surface area contributed by atoms with Crippen molar-refractivity contribution in [3.63, 3.8) is 0 Å². The number of hydrogen-bond acceptors (Lipinski definition) is 8. The number of carbonyl (C=O) groups excluding carboxylic acids is 3. The third kappa shape index (κ3) is 12.0. The molecule has 12 N–H and O–H groups in total. The first-order valence-corrected chi connectivity index (χ1v) is 10.6. The van der Waals surface area contributed by atoms with Gasteiger partial charge in [-0.2, -0.15) is 0 Å². The molecule has 0 fully saturated rings. The predicted molar refractivity (Wildman–Crippen MR) is 120 cm³/mol. The van der Waals surface area contributed by atoms with Crippen LogP contribution in [0.1, 0.15) is 39.5 Å². The Morgan fingerprint density at radius 1 is 0.882 bits per heavy atom. The molecular weight excluding hydrogens is 454 g/mol. The van der Waals surface area contributed by atoms with Gasteiger partial charge in [-0.1, -0.05) is 13.8 Å². The molecule has 194 valence electrons. The van der Waals surface area contributed by atoms with Crippen LogP contribution in [-0.2, 0) is 24.0 Å². The van der Waals surface area contributed by atoms with E-state index < -0.39 is 66.4 Å². The first-order chi connectivity index (χ1) is 15.8. The molecule has 0 aromatic carbocycles. The van der Waals surface area contributed by atoms with Crippen molar-refractivity contribution in [3.05, 3.63) is 0 Å². The minimum absolute atomic E-state index is 0.0169. The second-order valence-corrected chi connectivity index (χ2v) is 7.86. The highest BCUT2D eigenvalue weighted by atomic mass is 16.4. The fourth-order valence-electron chi connectivity index (χ4n) is 2.70. The molecule has 0 radical (unpaired) electrons. The molecule has 15 heteroatoms. The van der Waals surface area contributed by atoms with Gasteiger partial charge in [-0.05, 0) is 25.2 Å². The second-order valence-electron chi connectivity index (χ2n) is 7.86. The minimum Gasteiger partial charge on any atom is -0.481 e. The molecule has 0 heterocycles. The highest BCUT2D eigenvalue weighted by molar-refractivity contribution is 5.94. The number of aliphatic hydroxyl groups is 1. The fourth-order valence-corrected chi connectivity index (χ4v) is 2.70. The largest absolute Gasteiger partial charge is 0.481 e. The summed E-state index contributed by atoms with van der Waals surface area (Å²) in [6.07, 6.45) is -0.211. The third-order valence-electron chi connectivity index (χ3n) is 4.63. The van der Waals surface area contributed by atoms with Crippen molar-refractivity contribution < 1.29 is 39.3 Å². The number of carbonyl (C=O) groups is 5. The highest BCUT2D eigenvalue weighted by Crippen LogP contribution is 2.07. The summed E-state index contributed by atoms with van der Waals surface area (Å²) in [5, 5.41) is 34.0. The van der Waals surface area contributed by atoms with Gasteiger partial charge in [-0.3, -0.25) is 24.2 Å². The van der Waals surface area contributed by atoms with E-state index in [0.29, 0.717) is 0 Å². The number of nitrogens with one attached hydrogen (secondary N) is 3. The highest BCUT2D eigenvalue weighted by Gasteiger charge is 2.31. The van der Waals surface area contributed by atoms with Gasteiger partial charge in [0.1, 0.15) is 18.1 Å². The van der Waals surface area contributed by atoms with Gasteiger partial charge < -0.3 is 48.5 Å². The lowest BCUT2D eigenvalue weighted by atomic mass is 10.0. The Bertz CT molecular complexity index is 755. The first kappa shape index (κ1) is 30.5. The number of nitrogens with two attached hydrogens (primary N) is 3. The molecule has 4 unspecified atom stereocenters. The molecule has 3 amide bonds. The van der Waals surface area contributed by atoms with Crippen molar-refractivity contribution in [3.8, 4) is 0 Å². The molecule has 0 spiro atoms. The topological polar surface area (TPSA) is 273 Å². The van der Waals surface area contributed by atoms with Crippen LogP contribution in [0.15, 0.2) is 4.99 Å².